The molecule has 0 bridgehead atoms. The van der Waals surface area contributed by atoms with E-state index in [2.05, 4.69) is 0 Å². The van der Waals surface area contributed by atoms with E-state index in [-0.39, 0.29) is 11.3 Å². The number of aliphatic hydroxyl groups is 1. The van der Waals surface area contributed by atoms with Gasteiger partial charge in [0, 0.05) is 11.3 Å². The highest BCUT2D eigenvalue weighted by molar-refractivity contribution is 5.61. The molecule has 3 nitrogen and oxygen atoms in total. The van der Waals surface area contributed by atoms with Crippen molar-refractivity contribution in [1.82, 2.24) is 0 Å². The molecule has 2 atom stereocenters. The number of carbonyl (C=O) groups excluding carboxylic acids is 1. The molecule has 3 heteroatoms. The van der Waals surface area contributed by atoms with E-state index in [4.69, 9.17) is 4.74 Å². The first kappa shape index (κ1) is 8.20. The third-order valence-corrected chi connectivity index (χ3v) is 3.31. The van der Waals surface area contributed by atoms with Gasteiger partial charge in [-0.25, -0.2) is 0 Å². The fourth-order valence-electron chi connectivity index (χ4n) is 2.25. The van der Waals surface area contributed by atoms with Crippen molar-refractivity contribution >= 4 is 6.29 Å². The van der Waals surface area contributed by atoms with Gasteiger partial charge in [0.15, 0.2) is 0 Å². The summed E-state index contributed by atoms with van der Waals surface area (Å²) in [4.78, 5) is 10.9. The first-order valence-electron chi connectivity index (χ1n) is 4.51. The predicted octanol–water partition coefficient (Wildman–Crippen LogP) is 0.363. The minimum absolute atomic E-state index is 0.0590. The largest absolute Gasteiger partial charge is 0.390 e. The third kappa shape index (κ3) is 1.00. The van der Waals surface area contributed by atoms with E-state index in [9.17, 15) is 9.90 Å². The van der Waals surface area contributed by atoms with Crippen LogP contribution < -0.4 is 0 Å². The first-order chi connectivity index (χ1) is 5.78. The maximum absolute atomic E-state index is 10.9. The van der Waals surface area contributed by atoms with Gasteiger partial charge in [0.2, 0.25) is 0 Å². The minimum Gasteiger partial charge on any atom is -0.390 e. The van der Waals surface area contributed by atoms with Gasteiger partial charge in [0.1, 0.15) is 6.29 Å². The lowest BCUT2D eigenvalue weighted by Crippen LogP contribution is -2.44. The van der Waals surface area contributed by atoms with Gasteiger partial charge in [-0.1, -0.05) is 6.42 Å². The number of hydrogen-bond donors (Lipinski definition) is 1. The summed E-state index contributed by atoms with van der Waals surface area (Å²) < 4.78 is 5.14. The molecular formula is C9H14O3. The molecule has 2 fully saturated rings. The first-order valence-corrected chi connectivity index (χ1v) is 4.51. The highest BCUT2D eigenvalue weighted by atomic mass is 16.5. The van der Waals surface area contributed by atoms with Crippen LogP contribution in [0.5, 0.6) is 0 Å². The molecule has 0 radical (unpaired) electrons. The van der Waals surface area contributed by atoms with Crippen molar-refractivity contribution in [3.8, 4) is 0 Å². The lowest BCUT2D eigenvalue weighted by atomic mass is 9.61. The van der Waals surface area contributed by atoms with Crippen LogP contribution in [0.15, 0.2) is 0 Å². The predicted molar refractivity (Wildman–Crippen MR) is 42.7 cm³/mol. The van der Waals surface area contributed by atoms with E-state index in [1.54, 1.807) is 0 Å². The van der Waals surface area contributed by atoms with Crippen molar-refractivity contribution in [2.75, 3.05) is 13.2 Å². The van der Waals surface area contributed by atoms with Gasteiger partial charge in [0.05, 0.1) is 19.3 Å². The number of ether oxygens (including phenoxy) is 1. The molecule has 0 aromatic carbocycles. The average Bonchev–Trinajstić information content (AvgIpc) is 2.36. The number of carbonyl (C=O) groups is 1. The number of aldehydes is 1. The van der Waals surface area contributed by atoms with E-state index in [1.165, 1.54) is 0 Å². The quantitative estimate of drug-likeness (QED) is 0.609. The summed E-state index contributed by atoms with van der Waals surface area (Å²) >= 11 is 0. The molecule has 1 aliphatic carbocycles. The topological polar surface area (TPSA) is 46.5 Å². The smallest absolute Gasteiger partial charge is 0.126 e. The Bertz CT molecular complexity index is 186. The molecule has 2 aliphatic rings. The van der Waals surface area contributed by atoms with Crippen LogP contribution in [0.2, 0.25) is 0 Å². The summed E-state index contributed by atoms with van der Waals surface area (Å²) in [5.74, 6) is 0.0590. The molecule has 2 rings (SSSR count). The Morgan fingerprint density at radius 2 is 2.17 bits per heavy atom. The van der Waals surface area contributed by atoms with E-state index in [1.807, 2.05) is 0 Å². The molecule has 1 saturated carbocycles. The standard InChI is InChI=1S/C9H14O3/c10-6-9(2-1-3-9)7-4-12-5-8(7)11/h6-8,11H,1-5H2. The van der Waals surface area contributed by atoms with Gasteiger partial charge >= 0.3 is 0 Å². The van der Waals surface area contributed by atoms with Crippen LogP contribution in [0.1, 0.15) is 19.3 Å². The summed E-state index contributed by atoms with van der Waals surface area (Å²) in [7, 11) is 0. The Kier molecular flexibility index (Phi) is 1.93. The lowest BCUT2D eigenvalue weighted by molar-refractivity contribution is -0.127. The van der Waals surface area contributed by atoms with Crippen molar-refractivity contribution in [3.05, 3.63) is 0 Å². The second-order valence-electron chi connectivity index (χ2n) is 3.92. The zero-order valence-corrected chi connectivity index (χ0v) is 7.03. The van der Waals surface area contributed by atoms with Crippen molar-refractivity contribution in [2.24, 2.45) is 11.3 Å². The molecule has 0 spiro atoms. The summed E-state index contributed by atoms with van der Waals surface area (Å²) in [6.45, 7) is 0.958. The van der Waals surface area contributed by atoms with E-state index in [0.29, 0.717) is 13.2 Å². The second kappa shape index (κ2) is 2.82. The molecule has 1 aliphatic heterocycles. The summed E-state index contributed by atoms with van der Waals surface area (Å²) in [6.07, 6.45) is 3.58. The van der Waals surface area contributed by atoms with E-state index < -0.39 is 6.10 Å². The van der Waals surface area contributed by atoms with Crippen LogP contribution in [0.25, 0.3) is 0 Å². The second-order valence-corrected chi connectivity index (χ2v) is 3.92. The molecule has 0 aromatic rings. The van der Waals surface area contributed by atoms with E-state index >= 15 is 0 Å². The fourth-order valence-corrected chi connectivity index (χ4v) is 2.25. The van der Waals surface area contributed by atoms with Crippen LogP contribution in [0.3, 0.4) is 0 Å². The Morgan fingerprint density at radius 3 is 2.50 bits per heavy atom. The zero-order chi connectivity index (χ0) is 8.60. The Hall–Kier alpha value is -0.410. The zero-order valence-electron chi connectivity index (χ0n) is 7.03. The van der Waals surface area contributed by atoms with Crippen molar-refractivity contribution in [2.45, 2.75) is 25.4 Å². The molecule has 0 amide bonds. The lowest BCUT2D eigenvalue weighted by Gasteiger charge is -2.42. The van der Waals surface area contributed by atoms with Gasteiger partial charge in [-0.05, 0) is 12.8 Å². The van der Waals surface area contributed by atoms with Gasteiger partial charge in [-0.15, -0.1) is 0 Å². The van der Waals surface area contributed by atoms with E-state index in [0.717, 1.165) is 25.5 Å². The molecule has 1 saturated heterocycles. The van der Waals surface area contributed by atoms with Gasteiger partial charge < -0.3 is 14.6 Å². The molecule has 1 N–H and O–H groups in total. The maximum Gasteiger partial charge on any atom is 0.126 e. The maximum atomic E-state index is 10.9. The van der Waals surface area contributed by atoms with Crippen LogP contribution in [-0.4, -0.2) is 30.7 Å². The van der Waals surface area contributed by atoms with Crippen LogP contribution in [-0.2, 0) is 9.53 Å². The van der Waals surface area contributed by atoms with Crippen molar-refractivity contribution in [1.29, 1.82) is 0 Å². The van der Waals surface area contributed by atoms with Gasteiger partial charge in [0.25, 0.3) is 0 Å². The summed E-state index contributed by atoms with van der Waals surface area (Å²) in [5.41, 5.74) is -0.240. The molecule has 12 heavy (non-hydrogen) atoms. The van der Waals surface area contributed by atoms with Crippen LogP contribution in [0, 0.1) is 11.3 Å². The highest BCUT2D eigenvalue weighted by Gasteiger charge is 2.49. The summed E-state index contributed by atoms with van der Waals surface area (Å²) in [5, 5.41) is 9.54. The van der Waals surface area contributed by atoms with Crippen molar-refractivity contribution < 1.29 is 14.6 Å². The fraction of sp³-hybridized carbons (Fsp3) is 0.889. The van der Waals surface area contributed by atoms with Crippen molar-refractivity contribution in [3.63, 3.8) is 0 Å². The van der Waals surface area contributed by atoms with Crippen LogP contribution in [0.4, 0.5) is 0 Å². The molecular weight excluding hydrogens is 156 g/mol. The monoisotopic (exact) mass is 170 g/mol. The minimum atomic E-state index is -0.421. The molecule has 1 heterocycles. The normalized spacial score (nSPS) is 39.1. The molecule has 2 unspecified atom stereocenters. The number of aliphatic hydroxyl groups excluding tert-OH is 1. The molecule has 68 valence electrons. The Morgan fingerprint density at radius 1 is 1.42 bits per heavy atom. The number of rotatable bonds is 2. The van der Waals surface area contributed by atoms with Gasteiger partial charge in [-0.3, -0.25) is 0 Å². The SMILES string of the molecule is O=CC1(C2COCC2O)CCC1. The van der Waals surface area contributed by atoms with Gasteiger partial charge in [-0.2, -0.15) is 0 Å². The summed E-state index contributed by atoms with van der Waals surface area (Å²) in [6, 6.07) is 0. The Balaban J connectivity index is 2.10. The molecule has 0 aromatic heterocycles. The third-order valence-electron chi connectivity index (χ3n) is 3.31. The Labute approximate surface area is 71.7 Å². The number of hydrogen-bond acceptors (Lipinski definition) is 3. The average molecular weight is 170 g/mol. The highest BCUT2D eigenvalue weighted by Crippen LogP contribution is 2.48. The van der Waals surface area contributed by atoms with Crippen LogP contribution >= 0.6 is 0 Å².